The van der Waals surface area contributed by atoms with E-state index in [4.69, 9.17) is 0 Å². The monoisotopic (exact) mass is 390 g/mol. The zero-order chi connectivity index (χ0) is 18.2. The Morgan fingerprint density at radius 2 is 1.96 bits per heavy atom. The number of aryl methyl sites for hydroxylation is 1. The molecule has 1 saturated heterocycles. The molecule has 140 valence electrons. The Balaban J connectivity index is 1.36. The number of amides is 1. The van der Waals surface area contributed by atoms with Crippen LogP contribution in [0.15, 0.2) is 28.6 Å². The molecule has 7 heteroatoms. The number of carbonyl (C=O) groups is 1. The van der Waals surface area contributed by atoms with E-state index in [1.54, 1.807) is 23.1 Å². The van der Waals surface area contributed by atoms with E-state index in [2.05, 4.69) is 32.5 Å². The third kappa shape index (κ3) is 6.07. The number of nitrogens with zero attached hydrogens (tertiary/aromatic N) is 3. The first-order chi connectivity index (χ1) is 12.7. The summed E-state index contributed by atoms with van der Waals surface area (Å²) in [6.07, 6.45) is 4.88. The highest BCUT2D eigenvalue weighted by molar-refractivity contribution is 8.01. The molecule has 1 fully saturated rings. The zero-order valence-electron chi connectivity index (χ0n) is 15.2. The lowest BCUT2D eigenvalue weighted by molar-refractivity contribution is 0.0954. The number of rotatable bonds is 8. The third-order valence-electron chi connectivity index (χ3n) is 4.41. The number of thioether (sulfide) groups is 1. The Kier molecular flexibility index (Phi) is 7.46. The predicted molar refractivity (Wildman–Crippen MR) is 108 cm³/mol. The van der Waals surface area contributed by atoms with E-state index in [0.717, 1.165) is 33.6 Å². The molecule has 26 heavy (non-hydrogen) atoms. The molecular weight excluding hydrogens is 364 g/mol. The Hall–Kier alpha value is -1.44. The number of likely N-dealkylation sites (tertiary alicyclic amines) is 1. The summed E-state index contributed by atoms with van der Waals surface area (Å²) >= 11 is 3.31. The first kappa shape index (κ1) is 19.3. The standard InChI is InChI=1S/C19H26N4OS2/c1-15-21-22-19(26-15)25-13-5-10-20-18(24)17-8-6-16(7-9-17)14-23-11-3-2-4-12-23/h6-9H,2-5,10-14H2,1H3,(H,20,24). The first-order valence-electron chi connectivity index (χ1n) is 9.23. The highest BCUT2D eigenvalue weighted by Gasteiger charge is 2.11. The predicted octanol–water partition coefficient (Wildman–Crippen LogP) is 3.74. The SMILES string of the molecule is Cc1nnc(SCCCNC(=O)c2ccc(CN3CCCCC3)cc2)s1. The van der Waals surface area contributed by atoms with Crippen LogP contribution in [0.25, 0.3) is 0 Å². The minimum Gasteiger partial charge on any atom is -0.352 e. The number of hydrogen-bond donors (Lipinski definition) is 1. The maximum atomic E-state index is 12.2. The Morgan fingerprint density at radius 3 is 2.65 bits per heavy atom. The fourth-order valence-corrected chi connectivity index (χ4v) is 4.83. The van der Waals surface area contributed by atoms with Gasteiger partial charge in [-0.25, -0.2) is 0 Å². The van der Waals surface area contributed by atoms with Crippen molar-refractivity contribution in [3.05, 3.63) is 40.4 Å². The van der Waals surface area contributed by atoms with Gasteiger partial charge in [0.05, 0.1) is 0 Å². The van der Waals surface area contributed by atoms with E-state index in [9.17, 15) is 4.79 Å². The lowest BCUT2D eigenvalue weighted by Gasteiger charge is -2.26. The second-order valence-corrected chi connectivity index (χ2v) is 9.10. The van der Waals surface area contributed by atoms with Crippen molar-refractivity contribution in [2.24, 2.45) is 0 Å². The van der Waals surface area contributed by atoms with Gasteiger partial charge in [0.25, 0.3) is 5.91 Å². The minimum absolute atomic E-state index is 0.00582. The summed E-state index contributed by atoms with van der Waals surface area (Å²) in [5, 5.41) is 12.1. The Morgan fingerprint density at radius 1 is 1.19 bits per heavy atom. The van der Waals surface area contributed by atoms with Crippen LogP contribution in [0.1, 0.15) is 46.6 Å². The lowest BCUT2D eigenvalue weighted by Crippen LogP contribution is -2.29. The Labute approximate surface area is 163 Å². The minimum atomic E-state index is 0.00582. The van der Waals surface area contributed by atoms with Crippen LogP contribution in [-0.4, -0.2) is 46.4 Å². The van der Waals surface area contributed by atoms with Crippen molar-refractivity contribution in [2.45, 2.75) is 43.5 Å². The van der Waals surface area contributed by atoms with Crippen LogP contribution in [-0.2, 0) is 6.54 Å². The molecule has 0 aliphatic carbocycles. The highest BCUT2D eigenvalue weighted by Crippen LogP contribution is 2.22. The van der Waals surface area contributed by atoms with Gasteiger partial charge in [-0.1, -0.05) is 41.7 Å². The van der Waals surface area contributed by atoms with Crippen molar-refractivity contribution in [3.63, 3.8) is 0 Å². The van der Waals surface area contributed by atoms with Crippen LogP contribution < -0.4 is 5.32 Å². The van der Waals surface area contributed by atoms with Gasteiger partial charge in [0.15, 0.2) is 4.34 Å². The van der Waals surface area contributed by atoms with Gasteiger partial charge in [0.2, 0.25) is 0 Å². The molecule has 0 spiro atoms. The number of benzene rings is 1. The summed E-state index contributed by atoms with van der Waals surface area (Å²) in [7, 11) is 0. The van der Waals surface area contributed by atoms with Crippen LogP contribution in [0.5, 0.6) is 0 Å². The molecule has 0 unspecified atom stereocenters. The van der Waals surface area contributed by atoms with Gasteiger partial charge in [-0.2, -0.15) is 0 Å². The molecule has 0 bridgehead atoms. The molecule has 0 saturated carbocycles. The van der Waals surface area contributed by atoms with Crippen LogP contribution in [0.2, 0.25) is 0 Å². The summed E-state index contributed by atoms with van der Waals surface area (Å²) in [6.45, 7) is 6.01. The highest BCUT2D eigenvalue weighted by atomic mass is 32.2. The van der Waals surface area contributed by atoms with Crippen molar-refractivity contribution in [1.29, 1.82) is 0 Å². The smallest absolute Gasteiger partial charge is 0.251 e. The van der Waals surface area contributed by atoms with Gasteiger partial charge in [-0.3, -0.25) is 9.69 Å². The van der Waals surface area contributed by atoms with Crippen LogP contribution in [0.4, 0.5) is 0 Å². The molecule has 2 aromatic rings. The quantitative estimate of drug-likeness (QED) is 0.550. The third-order valence-corrected chi connectivity index (χ3v) is 6.47. The molecule has 2 heterocycles. The molecule has 1 aromatic heterocycles. The van der Waals surface area contributed by atoms with Crippen LogP contribution in [0, 0.1) is 6.92 Å². The second-order valence-electron chi connectivity index (χ2n) is 6.58. The van der Waals surface area contributed by atoms with Gasteiger partial charge in [-0.05, 0) is 57.0 Å². The molecular formula is C19H26N4OS2. The van der Waals surface area contributed by atoms with Crippen molar-refractivity contribution in [2.75, 3.05) is 25.4 Å². The average molecular weight is 391 g/mol. The van der Waals surface area contributed by atoms with E-state index < -0.39 is 0 Å². The van der Waals surface area contributed by atoms with E-state index >= 15 is 0 Å². The van der Waals surface area contributed by atoms with E-state index in [0.29, 0.717) is 6.54 Å². The van der Waals surface area contributed by atoms with Crippen molar-refractivity contribution in [1.82, 2.24) is 20.4 Å². The topological polar surface area (TPSA) is 58.1 Å². The Bertz CT molecular complexity index is 696. The van der Waals surface area contributed by atoms with Gasteiger partial charge in [-0.15, -0.1) is 10.2 Å². The zero-order valence-corrected chi connectivity index (χ0v) is 16.9. The van der Waals surface area contributed by atoms with Crippen molar-refractivity contribution >= 4 is 29.0 Å². The number of carbonyl (C=O) groups excluding carboxylic acids is 1. The van der Waals surface area contributed by atoms with Crippen molar-refractivity contribution < 1.29 is 4.79 Å². The second kappa shape index (κ2) is 10.0. The summed E-state index contributed by atoms with van der Waals surface area (Å²) in [5.74, 6) is 0.940. The van der Waals surface area contributed by atoms with Gasteiger partial charge < -0.3 is 5.32 Å². The number of piperidine rings is 1. The molecule has 1 aromatic carbocycles. The van der Waals surface area contributed by atoms with Gasteiger partial charge in [0, 0.05) is 24.4 Å². The first-order valence-corrected chi connectivity index (χ1v) is 11.0. The van der Waals surface area contributed by atoms with Gasteiger partial charge >= 0.3 is 0 Å². The van der Waals surface area contributed by atoms with Crippen molar-refractivity contribution in [3.8, 4) is 0 Å². The number of aromatic nitrogens is 2. The summed E-state index contributed by atoms with van der Waals surface area (Å²) in [4.78, 5) is 14.7. The molecule has 1 N–H and O–H groups in total. The molecule has 3 rings (SSSR count). The molecule has 5 nitrogen and oxygen atoms in total. The largest absolute Gasteiger partial charge is 0.352 e. The van der Waals surface area contributed by atoms with Crippen LogP contribution in [0.3, 0.4) is 0 Å². The maximum Gasteiger partial charge on any atom is 0.251 e. The molecule has 1 aliphatic rings. The fraction of sp³-hybridized carbons (Fsp3) is 0.526. The molecule has 1 amide bonds. The fourth-order valence-electron chi connectivity index (χ4n) is 3.01. The molecule has 0 radical (unpaired) electrons. The number of nitrogens with one attached hydrogen (secondary N) is 1. The normalized spacial score (nSPS) is 15.1. The summed E-state index contributed by atoms with van der Waals surface area (Å²) in [5.41, 5.74) is 2.02. The number of hydrogen-bond acceptors (Lipinski definition) is 6. The molecule has 0 atom stereocenters. The van der Waals surface area contributed by atoms with Gasteiger partial charge in [0.1, 0.15) is 5.01 Å². The van der Waals surface area contributed by atoms with Crippen LogP contribution >= 0.6 is 23.1 Å². The summed E-state index contributed by atoms with van der Waals surface area (Å²) in [6, 6.07) is 8.04. The van der Waals surface area contributed by atoms with E-state index in [1.807, 2.05) is 19.1 Å². The van der Waals surface area contributed by atoms with E-state index in [-0.39, 0.29) is 5.91 Å². The van der Waals surface area contributed by atoms with E-state index in [1.165, 1.54) is 37.9 Å². The molecule has 1 aliphatic heterocycles. The summed E-state index contributed by atoms with van der Waals surface area (Å²) < 4.78 is 0.998. The average Bonchev–Trinajstić information content (AvgIpc) is 3.08. The maximum absolute atomic E-state index is 12.2. The lowest BCUT2D eigenvalue weighted by atomic mass is 10.1.